The third-order valence-electron chi connectivity index (χ3n) is 2.84. The molecule has 0 bridgehead atoms. The first kappa shape index (κ1) is 10.9. The summed E-state index contributed by atoms with van der Waals surface area (Å²) in [4.78, 5) is 3.97. The first-order valence-corrected chi connectivity index (χ1v) is 5.58. The molecule has 1 aliphatic rings. The van der Waals surface area contributed by atoms with Gasteiger partial charge in [0.2, 0.25) is 0 Å². The van der Waals surface area contributed by atoms with Gasteiger partial charge in [-0.05, 0) is 37.9 Å². The van der Waals surface area contributed by atoms with Crippen LogP contribution in [0.25, 0.3) is 0 Å². The predicted octanol–water partition coefficient (Wildman–Crippen LogP) is 1.33. The quantitative estimate of drug-likeness (QED) is 0.829. The lowest BCUT2D eigenvalue weighted by Gasteiger charge is -2.22. The number of pyridine rings is 1. The summed E-state index contributed by atoms with van der Waals surface area (Å²) in [6.45, 7) is 2.81. The summed E-state index contributed by atoms with van der Waals surface area (Å²) in [5, 5.41) is 12.2. The molecule has 2 heterocycles. The van der Waals surface area contributed by atoms with Crippen molar-refractivity contribution in [1.29, 1.82) is 5.26 Å². The zero-order valence-electron chi connectivity index (χ0n) is 9.15. The highest BCUT2D eigenvalue weighted by Gasteiger charge is 2.14. The molecule has 0 aliphatic carbocycles. The van der Waals surface area contributed by atoms with E-state index in [1.165, 1.54) is 0 Å². The molecule has 0 spiro atoms. The van der Waals surface area contributed by atoms with E-state index >= 15 is 0 Å². The van der Waals surface area contributed by atoms with Crippen molar-refractivity contribution in [2.24, 2.45) is 5.92 Å². The van der Waals surface area contributed by atoms with E-state index < -0.39 is 0 Å². The average Bonchev–Trinajstić information content (AvgIpc) is 2.38. The molecular formula is C12H15N3O. The minimum atomic E-state index is 0.559. The number of nitrogens with one attached hydrogen (secondary N) is 1. The van der Waals surface area contributed by atoms with E-state index in [9.17, 15) is 0 Å². The first-order chi connectivity index (χ1) is 7.90. The summed E-state index contributed by atoms with van der Waals surface area (Å²) in [6, 6.07) is 3.78. The Kier molecular flexibility index (Phi) is 3.73. The smallest absolute Gasteiger partial charge is 0.155 e. The van der Waals surface area contributed by atoms with Crippen molar-refractivity contribution in [3.05, 3.63) is 24.0 Å². The summed E-state index contributed by atoms with van der Waals surface area (Å²) < 4.78 is 5.65. The molecule has 1 aliphatic heterocycles. The third kappa shape index (κ3) is 2.71. The Morgan fingerprint density at radius 2 is 2.31 bits per heavy atom. The number of nitrogens with zero attached hydrogens (tertiary/aromatic N) is 2. The van der Waals surface area contributed by atoms with Gasteiger partial charge in [-0.3, -0.25) is 4.98 Å². The molecule has 16 heavy (non-hydrogen) atoms. The van der Waals surface area contributed by atoms with Crippen LogP contribution in [0.5, 0.6) is 5.75 Å². The molecule has 1 fully saturated rings. The summed E-state index contributed by atoms with van der Waals surface area (Å²) in [6.07, 6.45) is 5.50. The second kappa shape index (κ2) is 5.47. The van der Waals surface area contributed by atoms with Gasteiger partial charge in [0.25, 0.3) is 0 Å². The second-order valence-corrected chi connectivity index (χ2v) is 3.99. The molecule has 84 valence electrons. The second-order valence-electron chi connectivity index (χ2n) is 3.99. The molecule has 1 aromatic heterocycles. The van der Waals surface area contributed by atoms with Crippen molar-refractivity contribution in [1.82, 2.24) is 10.3 Å². The van der Waals surface area contributed by atoms with Crippen LogP contribution in [0.4, 0.5) is 0 Å². The van der Waals surface area contributed by atoms with Gasteiger partial charge in [-0.25, -0.2) is 0 Å². The van der Waals surface area contributed by atoms with Gasteiger partial charge in [0, 0.05) is 6.20 Å². The standard InChI is InChI=1S/C12H15N3O/c13-7-11-3-6-15-8-12(11)16-9-10-1-4-14-5-2-10/h3,6,8,10,14H,1-2,4-5,9H2. The molecule has 0 saturated carbocycles. The number of hydrogen-bond donors (Lipinski definition) is 1. The van der Waals surface area contributed by atoms with E-state index in [0.717, 1.165) is 25.9 Å². The van der Waals surface area contributed by atoms with Gasteiger partial charge < -0.3 is 10.1 Å². The van der Waals surface area contributed by atoms with E-state index in [-0.39, 0.29) is 0 Å². The van der Waals surface area contributed by atoms with E-state index in [4.69, 9.17) is 10.00 Å². The van der Waals surface area contributed by atoms with Gasteiger partial charge in [-0.15, -0.1) is 0 Å². The SMILES string of the molecule is N#Cc1ccncc1OCC1CCNCC1. The van der Waals surface area contributed by atoms with Crippen LogP contribution in [0.2, 0.25) is 0 Å². The Bertz CT molecular complexity index is 380. The highest BCUT2D eigenvalue weighted by Crippen LogP contribution is 2.18. The number of rotatable bonds is 3. The molecule has 1 saturated heterocycles. The molecule has 2 rings (SSSR count). The van der Waals surface area contributed by atoms with Crippen molar-refractivity contribution < 1.29 is 4.74 Å². The van der Waals surface area contributed by atoms with Gasteiger partial charge in [-0.1, -0.05) is 0 Å². The summed E-state index contributed by atoms with van der Waals surface area (Å²) >= 11 is 0. The van der Waals surface area contributed by atoms with Crippen molar-refractivity contribution in [2.45, 2.75) is 12.8 Å². The molecule has 0 unspecified atom stereocenters. The number of aromatic nitrogens is 1. The third-order valence-corrected chi connectivity index (χ3v) is 2.84. The molecule has 4 heteroatoms. The number of nitriles is 1. The molecule has 4 nitrogen and oxygen atoms in total. The normalized spacial score (nSPS) is 16.7. The van der Waals surface area contributed by atoms with Crippen LogP contribution in [-0.2, 0) is 0 Å². The number of hydrogen-bond acceptors (Lipinski definition) is 4. The van der Waals surface area contributed by atoms with Crippen LogP contribution in [0.15, 0.2) is 18.5 Å². The monoisotopic (exact) mass is 217 g/mol. The lowest BCUT2D eigenvalue weighted by atomic mass is 9.99. The fraction of sp³-hybridized carbons (Fsp3) is 0.500. The minimum Gasteiger partial charge on any atom is -0.490 e. The topological polar surface area (TPSA) is 57.9 Å². The van der Waals surface area contributed by atoms with Crippen LogP contribution in [0.1, 0.15) is 18.4 Å². The summed E-state index contributed by atoms with van der Waals surface area (Å²) in [5.41, 5.74) is 0.559. The van der Waals surface area contributed by atoms with Gasteiger partial charge in [0.05, 0.1) is 18.4 Å². The number of ether oxygens (including phenoxy) is 1. The van der Waals surface area contributed by atoms with Gasteiger partial charge in [0.15, 0.2) is 5.75 Å². The van der Waals surface area contributed by atoms with Gasteiger partial charge in [-0.2, -0.15) is 5.26 Å². The zero-order chi connectivity index (χ0) is 11.2. The zero-order valence-corrected chi connectivity index (χ0v) is 9.15. The van der Waals surface area contributed by atoms with Gasteiger partial charge in [0.1, 0.15) is 6.07 Å². The highest BCUT2D eigenvalue weighted by atomic mass is 16.5. The predicted molar refractivity (Wildman–Crippen MR) is 60.0 cm³/mol. The summed E-state index contributed by atoms with van der Waals surface area (Å²) in [5.74, 6) is 1.19. The van der Waals surface area contributed by atoms with Crippen molar-refractivity contribution >= 4 is 0 Å². The van der Waals surface area contributed by atoms with E-state index in [2.05, 4.69) is 16.4 Å². The largest absolute Gasteiger partial charge is 0.490 e. The molecule has 1 N–H and O–H groups in total. The van der Waals surface area contributed by atoms with E-state index in [0.29, 0.717) is 23.8 Å². The lowest BCUT2D eigenvalue weighted by molar-refractivity contribution is 0.214. The lowest BCUT2D eigenvalue weighted by Crippen LogP contribution is -2.30. The maximum Gasteiger partial charge on any atom is 0.155 e. The Labute approximate surface area is 95.3 Å². The van der Waals surface area contributed by atoms with Crippen molar-refractivity contribution in [2.75, 3.05) is 19.7 Å². The van der Waals surface area contributed by atoms with Crippen LogP contribution >= 0.6 is 0 Å². The van der Waals surface area contributed by atoms with Gasteiger partial charge >= 0.3 is 0 Å². The Hall–Kier alpha value is -1.60. The Morgan fingerprint density at radius 3 is 3.06 bits per heavy atom. The summed E-state index contributed by atoms with van der Waals surface area (Å²) in [7, 11) is 0. The fourth-order valence-electron chi connectivity index (χ4n) is 1.84. The average molecular weight is 217 g/mol. The number of piperidine rings is 1. The Morgan fingerprint density at radius 1 is 1.50 bits per heavy atom. The van der Waals surface area contributed by atoms with Crippen LogP contribution in [-0.4, -0.2) is 24.7 Å². The minimum absolute atomic E-state index is 0.559. The van der Waals surface area contributed by atoms with Crippen LogP contribution < -0.4 is 10.1 Å². The van der Waals surface area contributed by atoms with Crippen molar-refractivity contribution in [3.63, 3.8) is 0 Å². The van der Waals surface area contributed by atoms with Crippen LogP contribution in [0, 0.1) is 17.2 Å². The highest BCUT2D eigenvalue weighted by molar-refractivity contribution is 5.40. The molecular weight excluding hydrogens is 202 g/mol. The molecule has 0 radical (unpaired) electrons. The maximum atomic E-state index is 8.89. The Balaban J connectivity index is 1.91. The van der Waals surface area contributed by atoms with E-state index in [1.54, 1.807) is 18.5 Å². The molecule has 0 atom stereocenters. The molecule has 0 amide bonds. The van der Waals surface area contributed by atoms with Crippen molar-refractivity contribution in [3.8, 4) is 11.8 Å². The fourth-order valence-corrected chi connectivity index (χ4v) is 1.84. The first-order valence-electron chi connectivity index (χ1n) is 5.58. The maximum absolute atomic E-state index is 8.89. The molecule has 0 aromatic carbocycles. The van der Waals surface area contributed by atoms with Crippen LogP contribution in [0.3, 0.4) is 0 Å². The molecule has 1 aromatic rings. The van der Waals surface area contributed by atoms with E-state index in [1.807, 2.05) is 0 Å².